The van der Waals surface area contributed by atoms with Gasteiger partial charge in [0, 0.05) is 38.9 Å². The minimum atomic E-state index is -0.102. The van der Waals surface area contributed by atoms with Gasteiger partial charge in [-0.15, -0.1) is 0 Å². The van der Waals surface area contributed by atoms with Crippen LogP contribution in [0.4, 0.5) is 0 Å². The summed E-state index contributed by atoms with van der Waals surface area (Å²) >= 11 is 0. The van der Waals surface area contributed by atoms with Gasteiger partial charge < -0.3 is 83.5 Å². The van der Waals surface area contributed by atoms with Crippen LogP contribution in [0.2, 0.25) is 0 Å². The van der Waals surface area contributed by atoms with Gasteiger partial charge >= 0.3 is 17.9 Å². The monoisotopic (exact) mass is 1060 g/mol. The zero-order valence-corrected chi connectivity index (χ0v) is 46.1. The van der Waals surface area contributed by atoms with Crippen LogP contribution >= 0.6 is 0 Å². The zero-order valence-electron chi connectivity index (χ0n) is 41.3. The molecule has 0 amide bonds. The average molecular weight is 1070 g/mol. The quantitative estimate of drug-likeness (QED) is 0.0384. The van der Waals surface area contributed by atoms with Crippen LogP contribution in [0.3, 0.4) is 0 Å². The van der Waals surface area contributed by atoms with Gasteiger partial charge in [-0.2, -0.15) is 0 Å². The standard InChI is InChI=1S/C48H99N4O6.3BrH/c1-10-13-16-19-22-25-28-40-56-46(53)43-50(4,5)37-31-34-49(35-32-38-51(6,7)44-47(54)57-41-29-26-23-20-17-14-11-2)36-33-39-52(8,9)45-48(55)58-42-30-27-24-21-18-15-12-3;;;/h10-45H2,1-9H3;3*1H/q+3;;;/p-3. The third-order valence-electron chi connectivity index (χ3n) is 11.4. The maximum Gasteiger partial charge on any atom is 0.361 e. The predicted molar refractivity (Wildman–Crippen MR) is 243 cm³/mol. The van der Waals surface area contributed by atoms with Crippen LogP contribution in [-0.2, 0) is 28.6 Å². The fraction of sp³-hybridized carbons (Fsp3) is 0.938. The Morgan fingerprint density at radius 3 is 0.787 bits per heavy atom. The van der Waals surface area contributed by atoms with Crippen LogP contribution in [0, 0.1) is 0 Å². The number of carbonyl (C=O) groups excluding carboxylic acids is 3. The van der Waals surface area contributed by atoms with E-state index in [2.05, 4.69) is 68.0 Å². The fourth-order valence-corrected chi connectivity index (χ4v) is 7.66. The lowest BCUT2D eigenvalue weighted by atomic mass is 10.1. The van der Waals surface area contributed by atoms with E-state index < -0.39 is 0 Å². The van der Waals surface area contributed by atoms with E-state index in [1.807, 2.05) is 0 Å². The first-order valence-electron chi connectivity index (χ1n) is 24.3. The molecule has 0 aliphatic carbocycles. The summed E-state index contributed by atoms with van der Waals surface area (Å²) in [6.07, 6.45) is 28.3. The summed E-state index contributed by atoms with van der Waals surface area (Å²) in [5, 5.41) is 0. The van der Waals surface area contributed by atoms with Gasteiger partial charge in [0.2, 0.25) is 0 Å². The normalized spacial score (nSPS) is 11.7. The second-order valence-electron chi connectivity index (χ2n) is 19.4. The molecule has 368 valence electrons. The average Bonchev–Trinajstić information content (AvgIpc) is 3.13. The Hall–Kier alpha value is -0.310. The topological polar surface area (TPSA) is 82.1 Å². The molecule has 0 radical (unpaired) electrons. The molecule has 0 atom stereocenters. The minimum Gasteiger partial charge on any atom is -1.00 e. The van der Waals surface area contributed by atoms with E-state index in [9.17, 15) is 14.4 Å². The van der Waals surface area contributed by atoms with E-state index in [1.54, 1.807) is 0 Å². The summed E-state index contributed by atoms with van der Waals surface area (Å²) in [5.41, 5.74) is 0. The zero-order chi connectivity index (χ0) is 43.4. The van der Waals surface area contributed by atoms with Crippen molar-refractivity contribution < 1.29 is 93.0 Å². The van der Waals surface area contributed by atoms with Crippen molar-refractivity contribution in [1.29, 1.82) is 0 Å². The van der Waals surface area contributed by atoms with Gasteiger partial charge in [-0.25, -0.2) is 14.4 Å². The fourth-order valence-electron chi connectivity index (χ4n) is 7.66. The molecule has 61 heavy (non-hydrogen) atoms. The molecular formula is C48H99Br3N4O6. The summed E-state index contributed by atoms with van der Waals surface area (Å²) in [5.74, 6) is -0.306. The molecule has 0 N–H and O–H groups in total. The first kappa shape index (κ1) is 67.3. The maximum atomic E-state index is 12.7. The number of ether oxygens (including phenoxy) is 3. The smallest absolute Gasteiger partial charge is 0.361 e. The number of unbranched alkanes of at least 4 members (excludes halogenated alkanes) is 18. The number of hydrogen-bond acceptors (Lipinski definition) is 7. The molecule has 0 fully saturated rings. The van der Waals surface area contributed by atoms with Crippen molar-refractivity contribution in [3.05, 3.63) is 0 Å². The first-order chi connectivity index (χ1) is 27.6. The van der Waals surface area contributed by atoms with Crippen molar-refractivity contribution in [2.75, 3.05) is 121 Å². The van der Waals surface area contributed by atoms with Crippen molar-refractivity contribution in [3.63, 3.8) is 0 Å². The molecule has 0 heterocycles. The number of hydrogen-bond donors (Lipinski definition) is 0. The number of likely N-dealkylation sites (N-methyl/N-ethyl adjacent to an activating group) is 3. The number of nitrogens with zero attached hydrogens (tertiary/aromatic N) is 4. The van der Waals surface area contributed by atoms with Crippen LogP contribution in [0.25, 0.3) is 0 Å². The summed E-state index contributed by atoms with van der Waals surface area (Å²) in [6.45, 7) is 14.9. The highest BCUT2D eigenvalue weighted by molar-refractivity contribution is 5.71. The Labute approximate surface area is 409 Å². The van der Waals surface area contributed by atoms with Crippen molar-refractivity contribution in [1.82, 2.24) is 4.90 Å². The van der Waals surface area contributed by atoms with Crippen LogP contribution in [0.1, 0.15) is 175 Å². The SMILES string of the molecule is CCCCCCCCCOC(=O)C[N+](C)(C)CCCN(CCC[N+](C)(C)CC(=O)OCCCCCCCCC)CCC[N+](C)(C)CC(=O)OCCCCCCCCC.[Br-].[Br-].[Br-]. The summed E-state index contributed by atoms with van der Waals surface area (Å²) in [4.78, 5) is 40.6. The van der Waals surface area contributed by atoms with Gasteiger partial charge in [-0.05, 0) is 19.3 Å². The molecular weight excluding hydrogens is 968 g/mol. The molecule has 0 saturated carbocycles. The molecule has 0 aliphatic rings. The Morgan fingerprint density at radius 1 is 0.344 bits per heavy atom. The molecule has 0 saturated heterocycles. The second kappa shape index (κ2) is 43.6. The van der Waals surface area contributed by atoms with E-state index in [0.717, 1.165) is 97.1 Å². The van der Waals surface area contributed by atoms with Crippen LogP contribution in [0.15, 0.2) is 0 Å². The van der Waals surface area contributed by atoms with Gasteiger partial charge in [0.05, 0.1) is 81.7 Å². The molecule has 0 spiro atoms. The Morgan fingerprint density at radius 2 is 0.557 bits per heavy atom. The molecule has 0 bridgehead atoms. The largest absolute Gasteiger partial charge is 1.00 e. The molecule has 13 heteroatoms. The molecule has 0 unspecified atom stereocenters. The molecule has 0 aromatic rings. The molecule has 0 aliphatic heterocycles. The van der Waals surface area contributed by atoms with Crippen molar-refractivity contribution in [2.24, 2.45) is 0 Å². The third kappa shape index (κ3) is 46.0. The molecule has 0 aromatic carbocycles. The number of carbonyl (C=O) groups is 3. The lowest BCUT2D eigenvalue weighted by Crippen LogP contribution is -3.00. The Balaban J connectivity index is -0.00000541. The number of halogens is 3. The molecule has 10 nitrogen and oxygen atoms in total. The van der Waals surface area contributed by atoms with Crippen molar-refractivity contribution in [2.45, 2.75) is 175 Å². The van der Waals surface area contributed by atoms with E-state index in [4.69, 9.17) is 14.2 Å². The van der Waals surface area contributed by atoms with Gasteiger partial charge in [-0.3, -0.25) is 0 Å². The summed E-state index contributed by atoms with van der Waals surface area (Å²) in [6, 6.07) is 0. The first-order valence-corrected chi connectivity index (χ1v) is 24.3. The van der Waals surface area contributed by atoms with Gasteiger partial charge in [0.1, 0.15) is 0 Å². The molecule has 0 aromatic heterocycles. The Kier molecular flexibility index (Phi) is 48.1. The van der Waals surface area contributed by atoms with E-state index in [1.165, 1.54) is 96.3 Å². The summed E-state index contributed by atoms with van der Waals surface area (Å²) < 4.78 is 18.7. The van der Waals surface area contributed by atoms with Crippen LogP contribution in [-0.4, -0.2) is 157 Å². The lowest BCUT2D eigenvalue weighted by Gasteiger charge is -2.32. The van der Waals surface area contributed by atoms with E-state index in [0.29, 0.717) is 52.9 Å². The second-order valence-corrected chi connectivity index (χ2v) is 19.4. The highest BCUT2D eigenvalue weighted by Gasteiger charge is 2.25. The van der Waals surface area contributed by atoms with Crippen molar-refractivity contribution in [3.8, 4) is 0 Å². The van der Waals surface area contributed by atoms with Crippen molar-refractivity contribution >= 4 is 17.9 Å². The van der Waals surface area contributed by atoms with Crippen LogP contribution < -0.4 is 50.9 Å². The summed E-state index contributed by atoms with van der Waals surface area (Å²) in [7, 11) is 12.7. The maximum absolute atomic E-state index is 12.7. The number of quaternary nitrogens is 3. The highest BCUT2D eigenvalue weighted by atomic mass is 79.9. The Bertz CT molecular complexity index is 898. The lowest BCUT2D eigenvalue weighted by molar-refractivity contribution is -0.883. The predicted octanol–water partition coefficient (Wildman–Crippen LogP) is 0.581. The highest BCUT2D eigenvalue weighted by Crippen LogP contribution is 2.12. The van der Waals surface area contributed by atoms with Gasteiger partial charge in [-0.1, -0.05) is 136 Å². The van der Waals surface area contributed by atoms with Gasteiger partial charge in [0.15, 0.2) is 19.6 Å². The number of esters is 3. The van der Waals surface area contributed by atoms with E-state index in [-0.39, 0.29) is 68.9 Å². The van der Waals surface area contributed by atoms with Crippen LogP contribution in [0.5, 0.6) is 0 Å². The third-order valence-corrected chi connectivity index (χ3v) is 11.4. The minimum absolute atomic E-state index is 0. The molecule has 0 rings (SSSR count). The van der Waals surface area contributed by atoms with E-state index >= 15 is 0 Å². The van der Waals surface area contributed by atoms with Gasteiger partial charge in [0.25, 0.3) is 0 Å². The number of rotatable bonds is 42.